The van der Waals surface area contributed by atoms with E-state index in [4.69, 9.17) is 5.73 Å². The minimum atomic E-state index is -0.554. The highest BCUT2D eigenvalue weighted by atomic mass is 19.1. The quantitative estimate of drug-likeness (QED) is 0.478. The zero-order chi connectivity index (χ0) is 15.2. The summed E-state index contributed by atoms with van der Waals surface area (Å²) in [6, 6.07) is 2.58. The standard InChI is InChI=1S/C16H23FN2O2/c1-21-16(20)12-9-15(13(17)10-14(12)18)19-8-4-7-11-5-2-3-6-11/h9-11,19H,2-8,18H2,1H3. The van der Waals surface area contributed by atoms with Gasteiger partial charge in [0.05, 0.1) is 18.4 Å². The van der Waals surface area contributed by atoms with Crippen LogP contribution in [0.4, 0.5) is 15.8 Å². The predicted octanol–water partition coefficient (Wildman–Crippen LogP) is 3.58. The average molecular weight is 294 g/mol. The molecule has 0 heterocycles. The van der Waals surface area contributed by atoms with Gasteiger partial charge in [-0.25, -0.2) is 9.18 Å². The summed E-state index contributed by atoms with van der Waals surface area (Å²) in [6.45, 7) is 0.692. The molecule has 1 aromatic rings. The molecule has 0 saturated heterocycles. The number of anilines is 2. The molecule has 1 saturated carbocycles. The number of nitrogen functional groups attached to an aromatic ring is 1. The fraction of sp³-hybridized carbons (Fsp3) is 0.562. The number of esters is 1. The van der Waals surface area contributed by atoms with Crippen LogP contribution in [0.5, 0.6) is 0 Å². The highest BCUT2D eigenvalue weighted by molar-refractivity contribution is 5.96. The summed E-state index contributed by atoms with van der Waals surface area (Å²) >= 11 is 0. The average Bonchev–Trinajstić information content (AvgIpc) is 2.98. The largest absolute Gasteiger partial charge is 0.465 e. The smallest absolute Gasteiger partial charge is 0.340 e. The molecule has 0 radical (unpaired) electrons. The van der Waals surface area contributed by atoms with Crippen LogP contribution in [-0.2, 0) is 4.74 Å². The van der Waals surface area contributed by atoms with Crippen LogP contribution in [-0.4, -0.2) is 19.6 Å². The van der Waals surface area contributed by atoms with Gasteiger partial charge < -0.3 is 15.8 Å². The molecule has 0 aliphatic heterocycles. The first-order chi connectivity index (χ1) is 10.1. The van der Waals surface area contributed by atoms with Gasteiger partial charge in [0.25, 0.3) is 0 Å². The fourth-order valence-electron chi connectivity index (χ4n) is 2.92. The van der Waals surface area contributed by atoms with E-state index < -0.39 is 11.8 Å². The van der Waals surface area contributed by atoms with Crippen molar-refractivity contribution in [2.24, 2.45) is 5.92 Å². The van der Waals surface area contributed by atoms with Crippen LogP contribution in [0.25, 0.3) is 0 Å². The molecule has 4 nitrogen and oxygen atoms in total. The van der Waals surface area contributed by atoms with Crippen LogP contribution < -0.4 is 11.1 Å². The van der Waals surface area contributed by atoms with E-state index in [1.165, 1.54) is 45.3 Å². The number of methoxy groups -OCH3 is 1. The summed E-state index contributed by atoms with van der Waals surface area (Å²) in [7, 11) is 1.28. The van der Waals surface area contributed by atoms with Crippen molar-refractivity contribution in [3.63, 3.8) is 0 Å². The van der Waals surface area contributed by atoms with Gasteiger partial charge >= 0.3 is 5.97 Å². The van der Waals surface area contributed by atoms with E-state index in [2.05, 4.69) is 10.1 Å². The maximum Gasteiger partial charge on any atom is 0.340 e. The molecule has 116 valence electrons. The molecular formula is C16H23FN2O2. The summed E-state index contributed by atoms with van der Waals surface area (Å²) in [4.78, 5) is 11.5. The first-order valence-corrected chi connectivity index (χ1v) is 7.53. The van der Waals surface area contributed by atoms with Gasteiger partial charge in [-0.1, -0.05) is 25.7 Å². The Labute approximate surface area is 124 Å². The Morgan fingerprint density at radius 1 is 1.43 bits per heavy atom. The molecule has 3 N–H and O–H groups in total. The fourth-order valence-corrected chi connectivity index (χ4v) is 2.92. The topological polar surface area (TPSA) is 64.3 Å². The summed E-state index contributed by atoms with van der Waals surface area (Å²) < 4.78 is 18.5. The molecule has 0 atom stereocenters. The zero-order valence-corrected chi connectivity index (χ0v) is 12.5. The third kappa shape index (κ3) is 4.09. The molecule has 0 bridgehead atoms. The number of halogens is 1. The molecule has 1 aliphatic rings. The van der Waals surface area contributed by atoms with Crippen LogP contribution in [0.3, 0.4) is 0 Å². The van der Waals surface area contributed by atoms with Crippen molar-refractivity contribution >= 4 is 17.3 Å². The lowest BCUT2D eigenvalue weighted by Gasteiger charge is -2.12. The monoisotopic (exact) mass is 294 g/mol. The molecule has 0 unspecified atom stereocenters. The Balaban J connectivity index is 1.91. The summed E-state index contributed by atoms with van der Waals surface area (Å²) in [5, 5.41) is 3.05. The number of carbonyl (C=O) groups is 1. The van der Waals surface area contributed by atoms with Crippen LogP contribution in [0.1, 0.15) is 48.9 Å². The number of benzene rings is 1. The lowest BCUT2D eigenvalue weighted by molar-refractivity contribution is 0.0602. The molecule has 0 aromatic heterocycles. The van der Waals surface area contributed by atoms with E-state index in [0.29, 0.717) is 12.2 Å². The SMILES string of the molecule is COC(=O)c1cc(NCCCC2CCCC2)c(F)cc1N. The van der Waals surface area contributed by atoms with Crippen molar-refractivity contribution in [2.45, 2.75) is 38.5 Å². The van der Waals surface area contributed by atoms with E-state index >= 15 is 0 Å². The van der Waals surface area contributed by atoms with E-state index in [-0.39, 0.29) is 11.3 Å². The van der Waals surface area contributed by atoms with Crippen molar-refractivity contribution in [3.8, 4) is 0 Å². The van der Waals surface area contributed by atoms with Crippen molar-refractivity contribution in [3.05, 3.63) is 23.5 Å². The Morgan fingerprint density at radius 2 is 2.14 bits per heavy atom. The minimum absolute atomic E-state index is 0.0934. The van der Waals surface area contributed by atoms with E-state index in [9.17, 15) is 9.18 Å². The molecular weight excluding hydrogens is 271 g/mol. The Hall–Kier alpha value is -1.78. The van der Waals surface area contributed by atoms with Crippen molar-refractivity contribution in [2.75, 3.05) is 24.7 Å². The third-order valence-corrected chi connectivity index (χ3v) is 4.12. The van der Waals surface area contributed by atoms with Gasteiger partial charge in [0.15, 0.2) is 0 Å². The van der Waals surface area contributed by atoms with Gasteiger partial charge in [-0.2, -0.15) is 0 Å². The normalized spacial score (nSPS) is 15.1. The second-order valence-corrected chi connectivity index (χ2v) is 5.63. The number of nitrogens with two attached hydrogens (primary N) is 1. The van der Waals surface area contributed by atoms with Gasteiger partial charge in [-0.05, 0) is 30.9 Å². The zero-order valence-electron chi connectivity index (χ0n) is 12.5. The van der Waals surface area contributed by atoms with E-state index in [1.807, 2.05) is 0 Å². The van der Waals surface area contributed by atoms with Gasteiger partial charge in [0.2, 0.25) is 0 Å². The first-order valence-electron chi connectivity index (χ1n) is 7.53. The van der Waals surface area contributed by atoms with Crippen LogP contribution >= 0.6 is 0 Å². The van der Waals surface area contributed by atoms with Crippen molar-refractivity contribution in [1.82, 2.24) is 0 Å². The second kappa shape index (κ2) is 7.29. The Kier molecular flexibility index (Phi) is 5.42. The number of carbonyl (C=O) groups excluding carboxylic acids is 1. The molecule has 2 rings (SSSR count). The summed E-state index contributed by atoms with van der Waals surface area (Å²) in [6.07, 6.45) is 7.50. The molecule has 5 heteroatoms. The highest BCUT2D eigenvalue weighted by Crippen LogP contribution is 2.28. The van der Waals surface area contributed by atoms with Crippen molar-refractivity contribution < 1.29 is 13.9 Å². The van der Waals surface area contributed by atoms with Gasteiger partial charge in [-0.15, -0.1) is 0 Å². The van der Waals surface area contributed by atoms with E-state index in [0.717, 1.165) is 18.4 Å². The van der Waals surface area contributed by atoms with Crippen LogP contribution in [0, 0.1) is 11.7 Å². The summed E-state index contributed by atoms with van der Waals surface area (Å²) in [5.74, 6) is -0.170. The predicted molar refractivity (Wildman–Crippen MR) is 81.8 cm³/mol. The Bertz CT molecular complexity index is 499. The first kappa shape index (κ1) is 15.6. The molecule has 1 aromatic carbocycles. The molecule has 0 spiro atoms. The highest BCUT2D eigenvalue weighted by Gasteiger charge is 2.16. The lowest BCUT2D eigenvalue weighted by atomic mass is 10.0. The third-order valence-electron chi connectivity index (χ3n) is 4.12. The number of hydrogen-bond acceptors (Lipinski definition) is 4. The molecule has 0 amide bonds. The second-order valence-electron chi connectivity index (χ2n) is 5.63. The molecule has 1 aliphatic carbocycles. The van der Waals surface area contributed by atoms with E-state index in [1.54, 1.807) is 0 Å². The van der Waals surface area contributed by atoms with Crippen molar-refractivity contribution in [1.29, 1.82) is 0 Å². The minimum Gasteiger partial charge on any atom is -0.465 e. The number of nitrogens with one attached hydrogen (secondary N) is 1. The summed E-state index contributed by atoms with van der Waals surface area (Å²) in [5.41, 5.74) is 6.22. The molecule has 21 heavy (non-hydrogen) atoms. The Morgan fingerprint density at radius 3 is 2.81 bits per heavy atom. The maximum atomic E-state index is 13.8. The number of ether oxygens (including phenoxy) is 1. The van der Waals surface area contributed by atoms with Gasteiger partial charge in [-0.3, -0.25) is 0 Å². The van der Waals surface area contributed by atoms with Crippen LogP contribution in [0.2, 0.25) is 0 Å². The maximum absolute atomic E-state index is 13.8. The van der Waals surface area contributed by atoms with Crippen LogP contribution in [0.15, 0.2) is 12.1 Å². The van der Waals surface area contributed by atoms with Gasteiger partial charge in [0.1, 0.15) is 5.82 Å². The number of hydrogen-bond donors (Lipinski definition) is 2. The number of rotatable bonds is 6. The molecule has 1 fully saturated rings. The lowest BCUT2D eigenvalue weighted by Crippen LogP contribution is -2.10. The van der Waals surface area contributed by atoms with Gasteiger partial charge in [0, 0.05) is 12.2 Å².